The molecular formula is C19H21N5O4S. The van der Waals surface area contributed by atoms with Crippen LogP contribution in [0.4, 0.5) is 0 Å². The number of hydrogen-bond acceptors (Lipinski definition) is 6. The maximum absolute atomic E-state index is 12.7. The lowest BCUT2D eigenvalue weighted by Crippen LogP contribution is -2.41. The Bertz CT molecular complexity index is 1170. The van der Waals surface area contributed by atoms with Crippen LogP contribution in [-0.4, -0.2) is 53.8 Å². The molecule has 0 N–H and O–H groups in total. The molecule has 1 aromatic carbocycles. The van der Waals surface area contributed by atoms with Gasteiger partial charge in [-0.2, -0.15) is 0 Å². The number of benzene rings is 1. The Kier molecular flexibility index (Phi) is 5.18. The van der Waals surface area contributed by atoms with Gasteiger partial charge < -0.3 is 14.2 Å². The summed E-state index contributed by atoms with van der Waals surface area (Å²) in [4.78, 5) is 43.4. The highest BCUT2D eigenvalue weighted by Gasteiger charge is 2.30. The summed E-state index contributed by atoms with van der Waals surface area (Å²) in [7, 11) is 3.03. The Balaban J connectivity index is 1.54. The predicted molar refractivity (Wildman–Crippen MR) is 110 cm³/mol. The van der Waals surface area contributed by atoms with E-state index in [1.54, 1.807) is 46.7 Å². The Morgan fingerprint density at radius 2 is 1.97 bits per heavy atom. The lowest BCUT2D eigenvalue weighted by atomic mass is 10.3. The molecule has 1 fully saturated rings. The molecule has 29 heavy (non-hydrogen) atoms. The monoisotopic (exact) mass is 415 g/mol. The van der Waals surface area contributed by atoms with Crippen LogP contribution >= 0.6 is 11.8 Å². The van der Waals surface area contributed by atoms with Crippen molar-refractivity contribution in [1.29, 1.82) is 0 Å². The van der Waals surface area contributed by atoms with Crippen LogP contribution in [-0.2, 0) is 25.4 Å². The first kappa shape index (κ1) is 19.3. The van der Waals surface area contributed by atoms with E-state index in [1.165, 1.54) is 11.6 Å². The molecule has 1 saturated heterocycles. The van der Waals surface area contributed by atoms with E-state index in [0.29, 0.717) is 30.0 Å². The van der Waals surface area contributed by atoms with E-state index in [2.05, 4.69) is 4.98 Å². The average molecular weight is 415 g/mol. The second-order valence-corrected chi connectivity index (χ2v) is 8.07. The second-order valence-electron chi connectivity index (χ2n) is 6.79. The molecule has 3 heterocycles. The maximum Gasteiger partial charge on any atom is 0.332 e. The number of thioether (sulfide) groups is 1. The Hall–Kier alpha value is -3.01. The number of nitrogens with zero attached hydrogens (tertiary/aromatic N) is 5. The number of carbonyl (C=O) groups is 1. The van der Waals surface area contributed by atoms with Gasteiger partial charge in [-0.15, -0.1) is 11.8 Å². The molecule has 0 spiro atoms. The van der Waals surface area contributed by atoms with Crippen molar-refractivity contribution in [2.75, 3.05) is 18.9 Å². The molecule has 1 aliphatic heterocycles. The zero-order valence-electron chi connectivity index (χ0n) is 16.1. The molecule has 0 aliphatic carbocycles. The van der Waals surface area contributed by atoms with E-state index in [-0.39, 0.29) is 17.9 Å². The Morgan fingerprint density at radius 1 is 1.21 bits per heavy atom. The fourth-order valence-electron chi connectivity index (χ4n) is 3.41. The summed E-state index contributed by atoms with van der Waals surface area (Å²) in [6.07, 6.45) is 1.55. The smallest absolute Gasteiger partial charge is 0.332 e. The van der Waals surface area contributed by atoms with Gasteiger partial charge in [0, 0.05) is 26.4 Å². The van der Waals surface area contributed by atoms with Gasteiger partial charge in [-0.05, 0) is 12.1 Å². The van der Waals surface area contributed by atoms with Gasteiger partial charge in [0.05, 0.1) is 18.2 Å². The minimum Gasteiger partial charge on any atom is -0.484 e. The number of rotatable bonds is 5. The topological polar surface area (TPSA) is 91.4 Å². The molecule has 1 aliphatic rings. The third-order valence-electron chi connectivity index (χ3n) is 4.99. The third kappa shape index (κ3) is 3.55. The fourth-order valence-corrected chi connectivity index (χ4v) is 4.65. The molecule has 0 radical (unpaired) electrons. The van der Waals surface area contributed by atoms with Crippen molar-refractivity contribution in [2.24, 2.45) is 14.1 Å². The van der Waals surface area contributed by atoms with Gasteiger partial charge in [0.25, 0.3) is 11.5 Å². The molecule has 4 rings (SSSR count). The normalized spacial score (nSPS) is 16.5. The van der Waals surface area contributed by atoms with Crippen molar-refractivity contribution in [3.8, 4) is 5.75 Å². The minimum atomic E-state index is -0.419. The van der Waals surface area contributed by atoms with Crippen molar-refractivity contribution in [3.05, 3.63) is 57.5 Å². The first-order chi connectivity index (χ1) is 14.0. The molecule has 1 unspecified atom stereocenters. The van der Waals surface area contributed by atoms with Gasteiger partial charge >= 0.3 is 5.69 Å². The molecule has 0 saturated carbocycles. The zero-order chi connectivity index (χ0) is 20.5. The SMILES string of the molecule is Cn1c(=O)c2c(ncn2CC2SCCN2C(=O)COc2ccccc2)n(C)c1=O. The lowest BCUT2D eigenvalue weighted by Gasteiger charge is -2.24. The molecule has 1 amide bonds. The first-order valence-corrected chi connectivity index (χ1v) is 10.2. The molecule has 152 valence electrons. The van der Waals surface area contributed by atoms with Crippen LogP contribution in [0.5, 0.6) is 5.75 Å². The van der Waals surface area contributed by atoms with E-state index in [4.69, 9.17) is 4.74 Å². The first-order valence-electron chi connectivity index (χ1n) is 9.17. The Labute approximate surface area is 170 Å². The summed E-state index contributed by atoms with van der Waals surface area (Å²) >= 11 is 1.65. The van der Waals surface area contributed by atoms with Crippen LogP contribution in [0.3, 0.4) is 0 Å². The van der Waals surface area contributed by atoms with Gasteiger partial charge in [-0.1, -0.05) is 18.2 Å². The van der Waals surface area contributed by atoms with Crippen LogP contribution in [0, 0.1) is 0 Å². The number of amides is 1. The molecule has 2 aromatic heterocycles. The molecule has 1 atom stereocenters. The maximum atomic E-state index is 12.7. The Morgan fingerprint density at radius 3 is 2.72 bits per heavy atom. The standard InChI is InChI=1S/C19H21N5O4S/c1-21-17-16(18(26)22(2)19(21)27)23(12-20-17)10-15-24(8-9-29-15)14(25)11-28-13-6-4-3-5-7-13/h3-7,12,15H,8-11H2,1-2H3. The summed E-state index contributed by atoms with van der Waals surface area (Å²) in [6.45, 7) is 0.989. The highest BCUT2D eigenvalue weighted by Crippen LogP contribution is 2.26. The molecule has 3 aromatic rings. The summed E-state index contributed by atoms with van der Waals surface area (Å²) in [5, 5.41) is -0.138. The summed E-state index contributed by atoms with van der Waals surface area (Å²) in [5.41, 5.74) is -0.117. The number of hydrogen-bond donors (Lipinski definition) is 0. The number of ether oxygens (including phenoxy) is 1. The van der Waals surface area contributed by atoms with Gasteiger partial charge in [-0.25, -0.2) is 9.78 Å². The van der Waals surface area contributed by atoms with Crippen molar-refractivity contribution in [1.82, 2.24) is 23.6 Å². The van der Waals surface area contributed by atoms with Crippen molar-refractivity contribution < 1.29 is 9.53 Å². The van der Waals surface area contributed by atoms with Crippen molar-refractivity contribution >= 4 is 28.8 Å². The summed E-state index contributed by atoms with van der Waals surface area (Å²) in [5.74, 6) is 1.35. The average Bonchev–Trinajstić information content (AvgIpc) is 3.37. The number of imidazole rings is 1. The van der Waals surface area contributed by atoms with Gasteiger partial charge in [0.15, 0.2) is 17.8 Å². The number of aryl methyl sites for hydroxylation is 1. The largest absolute Gasteiger partial charge is 0.484 e. The van der Waals surface area contributed by atoms with E-state index < -0.39 is 11.2 Å². The van der Waals surface area contributed by atoms with Crippen LogP contribution < -0.4 is 16.0 Å². The number of carbonyl (C=O) groups excluding carboxylic acids is 1. The second kappa shape index (κ2) is 7.78. The highest BCUT2D eigenvalue weighted by molar-refractivity contribution is 8.00. The number of fused-ring (bicyclic) bond motifs is 1. The van der Waals surface area contributed by atoms with Crippen LogP contribution in [0.15, 0.2) is 46.2 Å². The van der Waals surface area contributed by atoms with Crippen molar-refractivity contribution in [3.63, 3.8) is 0 Å². The highest BCUT2D eigenvalue weighted by atomic mass is 32.2. The van der Waals surface area contributed by atoms with E-state index >= 15 is 0 Å². The zero-order valence-corrected chi connectivity index (χ0v) is 17.0. The van der Waals surface area contributed by atoms with Gasteiger partial charge in [0.1, 0.15) is 5.75 Å². The summed E-state index contributed by atoms with van der Waals surface area (Å²) in [6, 6.07) is 9.21. The third-order valence-corrected chi connectivity index (χ3v) is 6.19. The molecule has 9 nitrogen and oxygen atoms in total. The van der Waals surface area contributed by atoms with E-state index in [1.807, 2.05) is 18.2 Å². The molecular weight excluding hydrogens is 394 g/mol. The predicted octanol–water partition coefficient (Wildman–Crippen LogP) is 0.414. The molecule has 0 bridgehead atoms. The van der Waals surface area contributed by atoms with Crippen LogP contribution in [0.1, 0.15) is 0 Å². The molecule has 10 heteroatoms. The van der Waals surface area contributed by atoms with E-state index in [0.717, 1.165) is 10.3 Å². The number of para-hydroxylation sites is 1. The quantitative estimate of drug-likeness (QED) is 0.600. The van der Waals surface area contributed by atoms with E-state index in [9.17, 15) is 14.4 Å². The van der Waals surface area contributed by atoms with Crippen LogP contribution in [0.2, 0.25) is 0 Å². The lowest BCUT2D eigenvalue weighted by molar-refractivity contribution is -0.133. The number of aromatic nitrogens is 4. The van der Waals surface area contributed by atoms with Gasteiger partial charge in [0.2, 0.25) is 0 Å². The summed E-state index contributed by atoms with van der Waals surface area (Å²) < 4.78 is 9.73. The minimum absolute atomic E-state index is 0.0397. The van der Waals surface area contributed by atoms with Crippen LogP contribution in [0.25, 0.3) is 11.2 Å². The van der Waals surface area contributed by atoms with Gasteiger partial charge in [-0.3, -0.25) is 18.7 Å². The van der Waals surface area contributed by atoms with Crippen molar-refractivity contribution in [2.45, 2.75) is 11.9 Å². The fraction of sp³-hybridized carbons (Fsp3) is 0.368.